The smallest absolute Gasteiger partial charge is 0.233 e. The van der Waals surface area contributed by atoms with Crippen LogP contribution in [0.5, 0.6) is 5.75 Å². The van der Waals surface area contributed by atoms with Gasteiger partial charge in [-0.05, 0) is 63.0 Å². The monoisotopic (exact) mass is 409 g/mol. The Morgan fingerprint density at radius 3 is 2.57 bits per heavy atom. The van der Waals surface area contributed by atoms with Crippen molar-refractivity contribution in [2.24, 2.45) is 0 Å². The Bertz CT molecular complexity index is 860. The third-order valence-electron chi connectivity index (χ3n) is 5.97. The van der Waals surface area contributed by atoms with E-state index in [4.69, 9.17) is 4.74 Å². The number of aromatic nitrogens is 2. The molecule has 1 amide bonds. The van der Waals surface area contributed by atoms with Crippen LogP contribution in [0.1, 0.15) is 45.1 Å². The maximum Gasteiger partial charge on any atom is 0.233 e. The van der Waals surface area contributed by atoms with Gasteiger partial charge in [-0.1, -0.05) is 13.8 Å². The van der Waals surface area contributed by atoms with Crippen LogP contribution in [0.25, 0.3) is 0 Å². The zero-order valence-electron chi connectivity index (χ0n) is 17.9. The minimum atomic E-state index is 0.112. The molecule has 4 rings (SSSR count). The summed E-state index contributed by atoms with van der Waals surface area (Å²) in [7, 11) is 0. The molecule has 3 heterocycles. The van der Waals surface area contributed by atoms with E-state index in [0.717, 1.165) is 42.2 Å². The lowest BCUT2D eigenvalue weighted by atomic mass is 10.1. The summed E-state index contributed by atoms with van der Waals surface area (Å²) in [5.74, 6) is 2.22. The topological polar surface area (TPSA) is 70.6 Å². The van der Waals surface area contributed by atoms with E-state index in [1.807, 2.05) is 29.2 Å². The van der Waals surface area contributed by atoms with Crippen LogP contribution in [0.4, 0.5) is 17.5 Å². The zero-order valence-corrected chi connectivity index (χ0v) is 17.9. The lowest BCUT2D eigenvalue weighted by Crippen LogP contribution is -2.37. The molecule has 2 aliphatic rings. The standard InChI is InChI=1S/C23H31N5O2/c1-3-19(4-2)28-21(29)15-17-16-24-23(26-22(17)28)25-18-7-9-20(10-8-18)30-14-13-27-11-5-6-12-27/h7-10,16,19H,3-6,11-15H2,1-2H3,(H,24,25,26). The second-order valence-electron chi connectivity index (χ2n) is 8.00. The molecule has 0 radical (unpaired) electrons. The van der Waals surface area contributed by atoms with Crippen molar-refractivity contribution >= 4 is 23.4 Å². The largest absolute Gasteiger partial charge is 0.492 e. The number of amides is 1. The molecule has 30 heavy (non-hydrogen) atoms. The van der Waals surface area contributed by atoms with Gasteiger partial charge in [-0.2, -0.15) is 4.98 Å². The van der Waals surface area contributed by atoms with Gasteiger partial charge in [0.25, 0.3) is 0 Å². The van der Waals surface area contributed by atoms with Crippen molar-refractivity contribution in [1.82, 2.24) is 14.9 Å². The summed E-state index contributed by atoms with van der Waals surface area (Å²) in [6.07, 6.45) is 6.57. The molecule has 7 heteroatoms. The van der Waals surface area contributed by atoms with Crippen LogP contribution in [-0.2, 0) is 11.2 Å². The Kier molecular flexibility index (Phi) is 6.47. The molecular weight excluding hydrogens is 378 g/mol. The molecule has 1 aromatic carbocycles. The molecule has 1 saturated heterocycles. The molecule has 0 aliphatic carbocycles. The number of carbonyl (C=O) groups excluding carboxylic acids is 1. The van der Waals surface area contributed by atoms with Gasteiger partial charge < -0.3 is 10.1 Å². The fourth-order valence-corrected chi connectivity index (χ4v) is 4.25. The highest BCUT2D eigenvalue weighted by atomic mass is 16.5. The Morgan fingerprint density at radius 1 is 1.13 bits per heavy atom. The maximum absolute atomic E-state index is 12.5. The molecule has 1 fully saturated rings. The highest BCUT2D eigenvalue weighted by molar-refractivity contribution is 6.00. The summed E-state index contributed by atoms with van der Waals surface area (Å²) < 4.78 is 5.87. The van der Waals surface area contributed by atoms with Gasteiger partial charge in [0.1, 0.15) is 18.2 Å². The molecule has 2 aliphatic heterocycles. The van der Waals surface area contributed by atoms with Crippen LogP contribution >= 0.6 is 0 Å². The number of ether oxygens (including phenoxy) is 1. The van der Waals surface area contributed by atoms with E-state index < -0.39 is 0 Å². The lowest BCUT2D eigenvalue weighted by molar-refractivity contribution is -0.117. The van der Waals surface area contributed by atoms with E-state index in [1.165, 1.54) is 25.9 Å². The molecule has 0 atom stereocenters. The number of nitrogens with zero attached hydrogens (tertiary/aromatic N) is 4. The van der Waals surface area contributed by atoms with Crippen LogP contribution in [0.15, 0.2) is 30.5 Å². The van der Waals surface area contributed by atoms with Gasteiger partial charge in [-0.25, -0.2) is 4.98 Å². The number of carbonyl (C=O) groups is 1. The quantitative estimate of drug-likeness (QED) is 0.680. The molecule has 7 nitrogen and oxygen atoms in total. The Balaban J connectivity index is 1.38. The van der Waals surface area contributed by atoms with Gasteiger partial charge in [0, 0.05) is 30.0 Å². The molecule has 0 unspecified atom stereocenters. The number of likely N-dealkylation sites (tertiary alicyclic amines) is 1. The zero-order chi connectivity index (χ0) is 20.9. The molecule has 0 bridgehead atoms. The van der Waals surface area contributed by atoms with Crippen LogP contribution in [0.2, 0.25) is 0 Å². The van der Waals surface area contributed by atoms with Gasteiger partial charge in [0.05, 0.1) is 6.42 Å². The van der Waals surface area contributed by atoms with Gasteiger partial charge in [-0.15, -0.1) is 0 Å². The summed E-state index contributed by atoms with van der Waals surface area (Å²) in [4.78, 5) is 25.8. The summed E-state index contributed by atoms with van der Waals surface area (Å²) >= 11 is 0. The summed E-state index contributed by atoms with van der Waals surface area (Å²) in [5.41, 5.74) is 1.79. The van der Waals surface area contributed by atoms with Crippen molar-refractivity contribution in [1.29, 1.82) is 0 Å². The van der Waals surface area contributed by atoms with E-state index in [1.54, 1.807) is 6.20 Å². The lowest BCUT2D eigenvalue weighted by Gasteiger charge is -2.25. The van der Waals surface area contributed by atoms with Gasteiger partial charge in [-0.3, -0.25) is 14.6 Å². The van der Waals surface area contributed by atoms with Crippen LogP contribution in [0.3, 0.4) is 0 Å². The van der Waals surface area contributed by atoms with Crippen molar-refractivity contribution < 1.29 is 9.53 Å². The van der Waals surface area contributed by atoms with Crippen molar-refractivity contribution in [2.75, 3.05) is 36.5 Å². The fraction of sp³-hybridized carbons (Fsp3) is 0.522. The molecule has 0 saturated carbocycles. The first-order chi connectivity index (χ1) is 14.7. The molecule has 2 aromatic rings. The third-order valence-corrected chi connectivity index (χ3v) is 5.97. The van der Waals surface area contributed by atoms with Crippen molar-refractivity contribution in [3.8, 4) is 5.75 Å². The maximum atomic E-state index is 12.5. The van der Waals surface area contributed by atoms with E-state index in [-0.39, 0.29) is 11.9 Å². The predicted octanol–water partition coefficient (Wildman–Crippen LogP) is 3.77. The molecule has 0 spiro atoms. The third kappa shape index (κ3) is 4.56. The Morgan fingerprint density at radius 2 is 1.87 bits per heavy atom. The SMILES string of the molecule is CCC(CC)N1C(=O)Cc2cnc(Nc3ccc(OCCN4CCCC4)cc3)nc21. The molecule has 1 N–H and O–H groups in total. The normalized spacial score (nSPS) is 16.4. The highest BCUT2D eigenvalue weighted by Crippen LogP contribution is 2.31. The van der Waals surface area contributed by atoms with Gasteiger partial charge >= 0.3 is 0 Å². The first-order valence-electron chi connectivity index (χ1n) is 11.1. The van der Waals surface area contributed by atoms with Gasteiger partial charge in [0.15, 0.2) is 0 Å². The second kappa shape index (κ2) is 9.43. The van der Waals surface area contributed by atoms with E-state index in [2.05, 4.69) is 34.0 Å². The van der Waals surface area contributed by atoms with Crippen molar-refractivity contribution in [3.05, 3.63) is 36.0 Å². The van der Waals surface area contributed by atoms with E-state index >= 15 is 0 Å². The number of fused-ring (bicyclic) bond motifs is 1. The minimum Gasteiger partial charge on any atom is -0.492 e. The van der Waals surface area contributed by atoms with Crippen LogP contribution in [-0.4, -0.2) is 53.1 Å². The minimum absolute atomic E-state index is 0.112. The summed E-state index contributed by atoms with van der Waals surface area (Å²) in [5, 5.41) is 3.25. The van der Waals surface area contributed by atoms with Crippen molar-refractivity contribution in [2.45, 2.75) is 52.0 Å². The first-order valence-corrected chi connectivity index (χ1v) is 11.1. The molecular formula is C23H31N5O2. The molecule has 160 valence electrons. The van der Waals surface area contributed by atoms with E-state index in [9.17, 15) is 4.79 Å². The first kappa shape index (κ1) is 20.6. The Labute approximate surface area is 178 Å². The van der Waals surface area contributed by atoms with Crippen LogP contribution < -0.4 is 15.0 Å². The average Bonchev–Trinajstić information content (AvgIpc) is 3.38. The summed E-state index contributed by atoms with van der Waals surface area (Å²) in [6, 6.07) is 8.02. The number of benzene rings is 1. The number of nitrogens with one attached hydrogen (secondary N) is 1. The van der Waals surface area contributed by atoms with E-state index in [0.29, 0.717) is 19.0 Å². The number of anilines is 3. The fourth-order valence-electron chi connectivity index (χ4n) is 4.25. The average molecular weight is 410 g/mol. The second-order valence-corrected chi connectivity index (χ2v) is 8.00. The predicted molar refractivity (Wildman–Crippen MR) is 118 cm³/mol. The van der Waals surface area contributed by atoms with Crippen molar-refractivity contribution in [3.63, 3.8) is 0 Å². The van der Waals surface area contributed by atoms with Gasteiger partial charge in [0.2, 0.25) is 11.9 Å². The number of hydrogen-bond acceptors (Lipinski definition) is 6. The number of rotatable bonds is 9. The highest BCUT2D eigenvalue weighted by Gasteiger charge is 2.33. The summed E-state index contributed by atoms with van der Waals surface area (Å²) in [6.45, 7) is 8.28. The van der Waals surface area contributed by atoms with Crippen LogP contribution in [0, 0.1) is 0 Å². The Hall–Kier alpha value is -2.67. The number of hydrogen-bond donors (Lipinski definition) is 1. The molecule has 1 aromatic heterocycles.